The average Bonchev–Trinajstić information content (AvgIpc) is 2.39. The lowest BCUT2D eigenvalue weighted by Gasteiger charge is -2.15. The number of nitrogens with two attached hydrogens (primary N) is 1. The highest BCUT2D eigenvalue weighted by Gasteiger charge is 2.12. The van der Waals surface area contributed by atoms with Gasteiger partial charge in [0.25, 0.3) is 0 Å². The molecule has 1 atom stereocenters. The van der Waals surface area contributed by atoms with Crippen LogP contribution in [0, 0.1) is 6.92 Å². The Labute approximate surface area is 106 Å². The van der Waals surface area contributed by atoms with Gasteiger partial charge in [-0.05, 0) is 30.2 Å². The van der Waals surface area contributed by atoms with Gasteiger partial charge in [-0.2, -0.15) is 0 Å². The highest BCUT2D eigenvalue weighted by molar-refractivity contribution is 7.99. The van der Waals surface area contributed by atoms with Crippen LogP contribution in [-0.4, -0.2) is 11.5 Å². The molecular formula is C14H16N2S. The molecule has 3 heteroatoms. The largest absolute Gasteiger partial charge is 0.329 e. The number of aromatic nitrogens is 1. The summed E-state index contributed by atoms with van der Waals surface area (Å²) >= 11 is 1.80. The maximum Gasteiger partial charge on any atom is 0.0482 e. The molecule has 0 aliphatic heterocycles. The second-order valence-electron chi connectivity index (χ2n) is 3.89. The van der Waals surface area contributed by atoms with Gasteiger partial charge in [-0.25, -0.2) is 0 Å². The van der Waals surface area contributed by atoms with E-state index >= 15 is 0 Å². The number of rotatable bonds is 4. The molecule has 0 saturated heterocycles. The third kappa shape index (κ3) is 3.08. The van der Waals surface area contributed by atoms with Gasteiger partial charge in [-0.15, -0.1) is 11.8 Å². The maximum atomic E-state index is 5.85. The molecule has 1 heterocycles. The lowest BCUT2D eigenvalue weighted by molar-refractivity contribution is 0.931. The molecule has 0 radical (unpaired) electrons. The summed E-state index contributed by atoms with van der Waals surface area (Å²) in [6, 6.07) is 12.4. The first kappa shape index (κ1) is 12.1. The monoisotopic (exact) mass is 244 g/mol. The van der Waals surface area contributed by atoms with E-state index in [-0.39, 0.29) is 5.25 Å². The zero-order valence-electron chi connectivity index (χ0n) is 9.84. The van der Waals surface area contributed by atoms with E-state index in [4.69, 9.17) is 5.73 Å². The fraction of sp³-hybridized carbons (Fsp3) is 0.214. The summed E-state index contributed by atoms with van der Waals surface area (Å²) in [6.07, 6.45) is 3.68. The molecule has 0 spiro atoms. The summed E-state index contributed by atoms with van der Waals surface area (Å²) in [5.74, 6) is 0. The molecule has 0 aliphatic rings. The Kier molecular flexibility index (Phi) is 4.18. The van der Waals surface area contributed by atoms with Crippen molar-refractivity contribution in [2.75, 3.05) is 6.54 Å². The lowest BCUT2D eigenvalue weighted by Crippen LogP contribution is -2.09. The average molecular weight is 244 g/mol. The van der Waals surface area contributed by atoms with Crippen molar-refractivity contribution in [3.8, 4) is 0 Å². The molecule has 0 aliphatic carbocycles. The zero-order chi connectivity index (χ0) is 12.1. The second-order valence-corrected chi connectivity index (χ2v) is 5.14. The number of pyridine rings is 1. The van der Waals surface area contributed by atoms with Crippen molar-refractivity contribution < 1.29 is 0 Å². The van der Waals surface area contributed by atoms with E-state index < -0.39 is 0 Å². The molecule has 1 unspecified atom stereocenters. The fourth-order valence-corrected chi connectivity index (χ4v) is 2.75. The minimum atomic E-state index is 0.268. The summed E-state index contributed by atoms with van der Waals surface area (Å²) in [7, 11) is 0. The molecule has 0 amide bonds. The van der Waals surface area contributed by atoms with E-state index in [1.807, 2.05) is 12.3 Å². The van der Waals surface area contributed by atoms with Gasteiger partial charge in [-0.3, -0.25) is 4.98 Å². The van der Waals surface area contributed by atoms with E-state index in [1.54, 1.807) is 18.0 Å². The Morgan fingerprint density at radius 1 is 1.24 bits per heavy atom. The smallest absolute Gasteiger partial charge is 0.0482 e. The van der Waals surface area contributed by atoms with E-state index in [1.165, 1.54) is 16.0 Å². The number of hydrogen-bond acceptors (Lipinski definition) is 3. The summed E-state index contributed by atoms with van der Waals surface area (Å²) < 4.78 is 0. The summed E-state index contributed by atoms with van der Waals surface area (Å²) in [4.78, 5) is 5.43. The number of hydrogen-bond donors (Lipinski definition) is 1. The fourth-order valence-electron chi connectivity index (χ4n) is 1.66. The van der Waals surface area contributed by atoms with Crippen molar-refractivity contribution >= 4 is 11.8 Å². The summed E-state index contributed by atoms with van der Waals surface area (Å²) in [5, 5.41) is 0.268. The standard InChI is InChI=1S/C14H16N2S/c1-11-5-2-3-7-13(11)17-14(9-15)12-6-4-8-16-10-12/h2-8,10,14H,9,15H2,1H3. The number of thioether (sulfide) groups is 1. The van der Waals surface area contributed by atoms with Crippen LogP contribution in [0.5, 0.6) is 0 Å². The van der Waals surface area contributed by atoms with Gasteiger partial charge in [0.1, 0.15) is 0 Å². The molecule has 88 valence electrons. The summed E-state index contributed by atoms with van der Waals surface area (Å²) in [5.41, 5.74) is 8.33. The van der Waals surface area contributed by atoms with Crippen LogP contribution >= 0.6 is 11.8 Å². The predicted octanol–water partition coefficient (Wildman–Crippen LogP) is 3.18. The number of aryl methyl sites for hydroxylation is 1. The molecule has 2 aromatic rings. The van der Waals surface area contributed by atoms with Crippen molar-refractivity contribution in [3.63, 3.8) is 0 Å². The van der Waals surface area contributed by atoms with Gasteiger partial charge in [0.05, 0.1) is 0 Å². The van der Waals surface area contributed by atoms with E-state index in [2.05, 4.69) is 42.2 Å². The first-order chi connectivity index (χ1) is 8.31. The van der Waals surface area contributed by atoms with Gasteiger partial charge in [-0.1, -0.05) is 24.3 Å². The van der Waals surface area contributed by atoms with Crippen LogP contribution in [-0.2, 0) is 0 Å². The molecule has 1 aromatic heterocycles. The Morgan fingerprint density at radius 2 is 2.06 bits per heavy atom. The van der Waals surface area contributed by atoms with Gasteiger partial charge < -0.3 is 5.73 Å². The molecular weight excluding hydrogens is 228 g/mol. The van der Waals surface area contributed by atoms with E-state index in [9.17, 15) is 0 Å². The molecule has 17 heavy (non-hydrogen) atoms. The molecule has 2 rings (SSSR count). The van der Waals surface area contributed by atoms with Crippen LogP contribution in [0.2, 0.25) is 0 Å². The Morgan fingerprint density at radius 3 is 2.71 bits per heavy atom. The van der Waals surface area contributed by atoms with E-state index in [0.29, 0.717) is 6.54 Å². The first-order valence-corrected chi connectivity index (χ1v) is 6.51. The van der Waals surface area contributed by atoms with Crippen LogP contribution in [0.3, 0.4) is 0 Å². The van der Waals surface area contributed by atoms with Crippen LogP contribution in [0.1, 0.15) is 16.4 Å². The Balaban J connectivity index is 2.19. The third-order valence-corrected chi connectivity index (χ3v) is 4.09. The highest BCUT2D eigenvalue weighted by atomic mass is 32.2. The highest BCUT2D eigenvalue weighted by Crippen LogP contribution is 2.35. The van der Waals surface area contributed by atoms with Gasteiger partial charge in [0, 0.05) is 29.1 Å². The Hall–Kier alpha value is -1.32. The quantitative estimate of drug-likeness (QED) is 0.840. The van der Waals surface area contributed by atoms with Crippen molar-refractivity contribution in [1.82, 2.24) is 4.98 Å². The molecule has 2 N–H and O–H groups in total. The van der Waals surface area contributed by atoms with Gasteiger partial charge in [0.15, 0.2) is 0 Å². The third-order valence-electron chi connectivity index (χ3n) is 2.63. The van der Waals surface area contributed by atoms with E-state index in [0.717, 1.165) is 0 Å². The van der Waals surface area contributed by atoms with Crippen LogP contribution in [0.4, 0.5) is 0 Å². The number of nitrogens with zero attached hydrogens (tertiary/aromatic N) is 1. The molecule has 0 fully saturated rings. The summed E-state index contributed by atoms with van der Waals surface area (Å²) in [6.45, 7) is 2.74. The lowest BCUT2D eigenvalue weighted by atomic mass is 10.2. The van der Waals surface area contributed by atoms with Crippen molar-refractivity contribution in [2.45, 2.75) is 17.1 Å². The van der Waals surface area contributed by atoms with Crippen LogP contribution in [0.15, 0.2) is 53.7 Å². The SMILES string of the molecule is Cc1ccccc1SC(CN)c1cccnc1. The molecule has 0 bridgehead atoms. The first-order valence-electron chi connectivity index (χ1n) is 5.63. The second kappa shape index (κ2) is 5.84. The molecule has 0 saturated carbocycles. The topological polar surface area (TPSA) is 38.9 Å². The molecule has 2 nitrogen and oxygen atoms in total. The van der Waals surface area contributed by atoms with Crippen molar-refractivity contribution in [3.05, 3.63) is 59.9 Å². The minimum Gasteiger partial charge on any atom is -0.329 e. The number of benzene rings is 1. The molecule has 1 aromatic carbocycles. The minimum absolute atomic E-state index is 0.268. The Bertz CT molecular complexity index is 471. The van der Waals surface area contributed by atoms with Gasteiger partial charge in [0.2, 0.25) is 0 Å². The van der Waals surface area contributed by atoms with Crippen LogP contribution in [0.25, 0.3) is 0 Å². The van der Waals surface area contributed by atoms with Crippen molar-refractivity contribution in [1.29, 1.82) is 0 Å². The maximum absolute atomic E-state index is 5.85. The van der Waals surface area contributed by atoms with Gasteiger partial charge >= 0.3 is 0 Å². The zero-order valence-corrected chi connectivity index (χ0v) is 10.7. The van der Waals surface area contributed by atoms with Crippen molar-refractivity contribution in [2.24, 2.45) is 5.73 Å². The predicted molar refractivity (Wildman–Crippen MR) is 73.1 cm³/mol. The van der Waals surface area contributed by atoms with Crippen LogP contribution < -0.4 is 5.73 Å². The normalized spacial score (nSPS) is 12.4.